The number of aryl methyl sites for hydroxylation is 1. The zero-order chi connectivity index (χ0) is 19.1. The highest BCUT2D eigenvalue weighted by atomic mass is 16.1. The molecule has 2 aromatic carbocycles. The van der Waals surface area contributed by atoms with Gasteiger partial charge in [0.05, 0.1) is 11.6 Å². The van der Waals surface area contributed by atoms with Crippen molar-refractivity contribution in [2.75, 3.05) is 0 Å². The van der Waals surface area contributed by atoms with Gasteiger partial charge in [0.1, 0.15) is 6.17 Å². The first-order chi connectivity index (χ1) is 13.1. The van der Waals surface area contributed by atoms with E-state index in [9.17, 15) is 9.59 Å². The summed E-state index contributed by atoms with van der Waals surface area (Å²) in [5.74, 6) is -0.00184. The van der Waals surface area contributed by atoms with Crippen molar-refractivity contribution < 1.29 is 9.59 Å². The molecule has 5 heteroatoms. The van der Waals surface area contributed by atoms with E-state index in [2.05, 4.69) is 46.4 Å². The number of carbonyl (C=O) groups is 2. The molecule has 0 saturated heterocycles. The standard InChI is InChI=1S/C22H23N3O2/c1-4-25-18-11-6-5-8-15(18)16-9-7-10-17(22(16)25)21-20(14(3)27)13(2)23-19(12-26)24-21/h5-12,19,21,23-24H,4H2,1-3H3. The fourth-order valence-electron chi connectivity index (χ4n) is 4.32. The lowest BCUT2D eigenvalue weighted by Crippen LogP contribution is -2.50. The van der Waals surface area contributed by atoms with E-state index in [4.69, 9.17) is 0 Å². The molecule has 2 heterocycles. The minimum atomic E-state index is -0.521. The van der Waals surface area contributed by atoms with Crippen LogP contribution in [0.2, 0.25) is 0 Å². The molecule has 4 rings (SSSR count). The predicted octanol–water partition coefficient (Wildman–Crippen LogP) is 3.44. The summed E-state index contributed by atoms with van der Waals surface area (Å²) in [5.41, 5.74) is 4.72. The fourth-order valence-corrected chi connectivity index (χ4v) is 4.32. The van der Waals surface area contributed by atoms with Gasteiger partial charge in [0, 0.05) is 34.1 Å². The third kappa shape index (κ3) is 2.66. The van der Waals surface area contributed by atoms with Crippen molar-refractivity contribution in [3.8, 4) is 0 Å². The maximum atomic E-state index is 12.4. The Kier molecular flexibility index (Phi) is 4.32. The molecule has 5 nitrogen and oxygen atoms in total. The Labute approximate surface area is 158 Å². The molecule has 2 N–H and O–H groups in total. The van der Waals surface area contributed by atoms with Crippen LogP contribution in [0.4, 0.5) is 0 Å². The predicted molar refractivity (Wildman–Crippen MR) is 107 cm³/mol. The third-order valence-electron chi connectivity index (χ3n) is 5.38. The first-order valence-corrected chi connectivity index (χ1v) is 9.26. The van der Waals surface area contributed by atoms with Crippen molar-refractivity contribution in [2.45, 2.75) is 39.5 Å². The van der Waals surface area contributed by atoms with E-state index in [1.165, 1.54) is 10.9 Å². The molecule has 0 fully saturated rings. The number of carbonyl (C=O) groups excluding carboxylic acids is 2. The van der Waals surface area contributed by atoms with Crippen LogP contribution in [0.5, 0.6) is 0 Å². The summed E-state index contributed by atoms with van der Waals surface area (Å²) >= 11 is 0. The Balaban J connectivity index is 2.05. The Morgan fingerprint density at radius 3 is 2.59 bits per heavy atom. The zero-order valence-electron chi connectivity index (χ0n) is 15.7. The molecule has 138 valence electrons. The normalized spacial score (nSPS) is 20.1. The van der Waals surface area contributed by atoms with E-state index in [-0.39, 0.29) is 11.8 Å². The van der Waals surface area contributed by atoms with Crippen molar-refractivity contribution in [3.63, 3.8) is 0 Å². The molecule has 1 aromatic heterocycles. The second kappa shape index (κ2) is 6.67. The lowest BCUT2D eigenvalue weighted by Gasteiger charge is -2.33. The minimum absolute atomic E-state index is 0.00184. The van der Waals surface area contributed by atoms with Crippen LogP contribution in [0, 0.1) is 0 Å². The summed E-state index contributed by atoms with van der Waals surface area (Å²) in [6.45, 7) is 6.38. The van der Waals surface area contributed by atoms with E-state index in [1.807, 2.05) is 25.1 Å². The van der Waals surface area contributed by atoms with Crippen LogP contribution in [0.1, 0.15) is 32.4 Å². The fraction of sp³-hybridized carbons (Fsp3) is 0.273. The number of aromatic nitrogens is 1. The number of hydrogen-bond acceptors (Lipinski definition) is 4. The maximum absolute atomic E-state index is 12.4. The molecular weight excluding hydrogens is 338 g/mol. The van der Waals surface area contributed by atoms with Crippen molar-refractivity contribution in [3.05, 3.63) is 59.3 Å². The van der Waals surface area contributed by atoms with Crippen LogP contribution in [0.25, 0.3) is 21.8 Å². The number of nitrogens with zero attached hydrogens (tertiary/aromatic N) is 1. The van der Waals surface area contributed by atoms with Crippen LogP contribution in [0.15, 0.2) is 53.7 Å². The summed E-state index contributed by atoms with van der Waals surface area (Å²) < 4.78 is 2.28. The Hall–Kier alpha value is -2.92. The highest BCUT2D eigenvalue weighted by Gasteiger charge is 2.32. The van der Waals surface area contributed by atoms with Crippen molar-refractivity contribution in [2.24, 2.45) is 0 Å². The summed E-state index contributed by atoms with van der Waals surface area (Å²) in [6.07, 6.45) is 0.316. The monoisotopic (exact) mass is 361 g/mol. The molecule has 27 heavy (non-hydrogen) atoms. The number of ketones is 1. The highest BCUT2D eigenvalue weighted by molar-refractivity contribution is 6.09. The molecule has 3 aromatic rings. The van der Waals surface area contributed by atoms with Gasteiger partial charge >= 0.3 is 0 Å². The zero-order valence-corrected chi connectivity index (χ0v) is 15.7. The number of Topliss-reactive ketones (excluding diaryl/α,β-unsaturated/α-hetero) is 1. The Morgan fingerprint density at radius 2 is 1.89 bits per heavy atom. The summed E-state index contributed by atoms with van der Waals surface area (Å²) in [6, 6.07) is 14.2. The van der Waals surface area contributed by atoms with Crippen molar-refractivity contribution >= 4 is 33.9 Å². The summed E-state index contributed by atoms with van der Waals surface area (Å²) in [5, 5.41) is 8.73. The molecule has 1 aliphatic rings. The number of benzene rings is 2. The number of hydrogen-bond donors (Lipinski definition) is 2. The minimum Gasteiger partial charge on any atom is -0.367 e. The summed E-state index contributed by atoms with van der Waals surface area (Å²) in [4.78, 5) is 23.9. The van der Waals surface area contributed by atoms with Gasteiger partial charge < -0.3 is 9.88 Å². The van der Waals surface area contributed by atoms with Gasteiger partial charge in [0.25, 0.3) is 0 Å². The summed E-state index contributed by atoms with van der Waals surface area (Å²) in [7, 11) is 0. The molecule has 0 amide bonds. The van der Waals surface area contributed by atoms with Crippen molar-refractivity contribution in [1.29, 1.82) is 0 Å². The van der Waals surface area contributed by atoms with Gasteiger partial charge in [-0.25, -0.2) is 0 Å². The maximum Gasteiger partial charge on any atom is 0.159 e. The molecule has 0 radical (unpaired) electrons. The van der Waals surface area contributed by atoms with Crippen LogP contribution in [-0.4, -0.2) is 22.8 Å². The highest BCUT2D eigenvalue weighted by Crippen LogP contribution is 2.37. The van der Waals surface area contributed by atoms with Gasteiger partial charge in [0.15, 0.2) is 12.1 Å². The number of fused-ring (bicyclic) bond motifs is 3. The third-order valence-corrected chi connectivity index (χ3v) is 5.38. The quantitative estimate of drug-likeness (QED) is 0.699. The Bertz CT molecular complexity index is 1090. The average Bonchev–Trinajstić information content (AvgIpc) is 3.00. The van der Waals surface area contributed by atoms with E-state index in [1.54, 1.807) is 6.92 Å². The molecule has 0 bridgehead atoms. The van der Waals surface area contributed by atoms with Gasteiger partial charge in [-0.15, -0.1) is 0 Å². The number of allylic oxidation sites excluding steroid dienone is 1. The average molecular weight is 361 g/mol. The number of aldehydes is 1. The van der Waals surface area contributed by atoms with Crippen molar-refractivity contribution in [1.82, 2.24) is 15.2 Å². The van der Waals surface area contributed by atoms with Crippen LogP contribution in [0.3, 0.4) is 0 Å². The number of rotatable bonds is 4. The first-order valence-electron chi connectivity index (χ1n) is 9.26. The number of para-hydroxylation sites is 2. The lowest BCUT2D eigenvalue weighted by molar-refractivity contribution is -0.115. The molecule has 0 spiro atoms. The second-order valence-corrected chi connectivity index (χ2v) is 6.96. The number of nitrogens with one attached hydrogen (secondary N) is 2. The Morgan fingerprint density at radius 1 is 1.15 bits per heavy atom. The van der Waals surface area contributed by atoms with Crippen LogP contribution >= 0.6 is 0 Å². The molecular formula is C22H23N3O2. The topological polar surface area (TPSA) is 63.1 Å². The molecule has 0 saturated carbocycles. The SMILES string of the molecule is CCn1c2ccccc2c2cccc(C3NC(C=O)NC(C)=C3C(C)=O)c21. The second-order valence-electron chi connectivity index (χ2n) is 6.96. The van der Waals surface area contributed by atoms with Gasteiger partial charge in [0.2, 0.25) is 0 Å². The van der Waals surface area contributed by atoms with Crippen LogP contribution in [-0.2, 0) is 16.1 Å². The molecule has 0 aliphatic carbocycles. The molecule has 2 atom stereocenters. The van der Waals surface area contributed by atoms with E-state index >= 15 is 0 Å². The van der Waals surface area contributed by atoms with Gasteiger partial charge in [-0.3, -0.25) is 14.9 Å². The van der Waals surface area contributed by atoms with Crippen LogP contribution < -0.4 is 10.6 Å². The molecule has 1 aliphatic heterocycles. The molecule has 2 unspecified atom stereocenters. The largest absolute Gasteiger partial charge is 0.367 e. The smallest absolute Gasteiger partial charge is 0.159 e. The van der Waals surface area contributed by atoms with Gasteiger partial charge in [-0.1, -0.05) is 36.4 Å². The first kappa shape index (κ1) is 17.5. The van der Waals surface area contributed by atoms with E-state index < -0.39 is 6.17 Å². The van der Waals surface area contributed by atoms with E-state index in [0.29, 0.717) is 5.57 Å². The van der Waals surface area contributed by atoms with Gasteiger partial charge in [-0.2, -0.15) is 0 Å². The van der Waals surface area contributed by atoms with E-state index in [0.717, 1.165) is 35.0 Å². The van der Waals surface area contributed by atoms with Gasteiger partial charge in [-0.05, 0) is 32.4 Å². The lowest BCUT2D eigenvalue weighted by atomic mass is 9.91.